The maximum atomic E-state index is 11.8. The van der Waals surface area contributed by atoms with Crippen molar-refractivity contribution in [2.75, 3.05) is 5.73 Å². The van der Waals surface area contributed by atoms with Gasteiger partial charge in [-0.05, 0) is 6.92 Å². The summed E-state index contributed by atoms with van der Waals surface area (Å²) in [5.74, 6) is 0.553. The molecule has 0 atom stereocenters. The normalized spacial score (nSPS) is 11.2. The lowest BCUT2D eigenvalue weighted by Gasteiger charge is -1.97. The van der Waals surface area contributed by atoms with Crippen LogP contribution < -0.4 is 11.3 Å². The summed E-state index contributed by atoms with van der Waals surface area (Å²) in [5.41, 5.74) is 6.04. The van der Waals surface area contributed by atoms with Gasteiger partial charge in [0.15, 0.2) is 4.34 Å². The molecule has 0 aromatic carbocycles. The predicted molar refractivity (Wildman–Crippen MR) is 75.8 cm³/mol. The van der Waals surface area contributed by atoms with Crippen molar-refractivity contribution in [1.29, 1.82) is 0 Å². The molecule has 19 heavy (non-hydrogen) atoms. The third-order valence-corrected chi connectivity index (χ3v) is 4.91. The first-order valence-electron chi connectivity index (χ1n) is 5.20. The van der Waals surface area contributed by atoms with E-state index in [4.69, 9.17) is 5.73 Å². The third kappa shape index (κ3) is 2.60. The van der Waals surface area contributed by atoms with Gasteiger partial charge in [-0.15, -0.1) is 10.2 Å². The zero-order chi connectivity index (χ0) is 13.4. The summed E-state index contributed by atoms with van der Waals surface area (Å²) in [6.07, 6.45) is 0. The summed E-state index contributed by atoms with van der Waals surface area (Å²) in [7, 11) is 0. The maximum absolute atomic E-state index is 11.8. The molecule has 98 valence electrons. The SMILES string of the molecule is Cc1nn2c(=O)cc(CSc3nnc(N)s3)nc2s1. The average Bonchev–Trinajstić information content (AvgIpc) is 2.92. The number of nitrogens with two attached hydrogens (primary N) is 1. The van der Waals surface area contributed by atoms with Crippen LogP contribution in [-0.4, -0.2) is 24.8 Å². The largest absolute Gasteiger partial charge is 0.374 e. The molecule has 3 heterocycles. The van der Waals surface area contributed by atoms with Crippen molar-refractivity contribution in [2.45, 2.75) is 17.0 Å². The molecule has 0 bridgehead atoms. The Morgan fingerprint density at radius 3 is 3.00 bits per heavy atom. The van der Waals surface area contributed by atoms with Gasteiger partial charge in [-0.2, -0.15) is 9.61 Å². The van der Waals surface area contributed by atoms with Gasteiger partial charge in [-0.1, -0.05) is 34.4 Å². The minimum Gasteiger partial charge on any atom is -0.374 e. The Morgan fingerprint density at radius 1 is 1.42 bits per heavy atom. The number of hydrogen-bond acceptors (Lipinski definition) is 9. The van der Waals surface area contributed by atoms with Crippen LogP contribution in [0, 0.1) is 6.92 Å². The lowest BCUT2D eigenvalue weighted by Crippen LogP contribution is -2.15. The Kier molecular flexibility index (Phi) is 3.21. The van der Waals surface area contributed by atoms with E-state index in [-0.39, 0.29) is 5.56 Å². The van der Waals surface area contributed by atoms with Crippen molar-refractivity contribution >= 4 is 44.5 Å². The number of anilines is 1. The molecule has 0 aliphatic carbocycles. The summed E-state index contributed by atoms with van der Waals surface area (Å²) in [6, 6.07) is 1.49. The molecule has 3 rings (SSSR count). The van der Waals surface area contributed by atoms with Gasteiger partial charge in [0.05, 0.1) is 5.69 Å². The number of rotatable bonds is 3. The van der Waals surface area contributed by atoms with Crippen LogP contribution in [0.15, 0.2) is 15.2 Å². The lowest BCUT2D eigenvalue weighted by atomic mass is 10.4. The topological polar surface area (TPSA) is 99.1 Å². The molecule has 0 amide bonds. The first kappa shape index (κ1) is 12.5. The molecule has 0 aliphatic heterocycles. The fraction of sp³-hybridized carbons (Fsp3) is 0.222. The van der Waals surface area contributed by atoms with Gasteiger partial charge in [0.1, 0.15) is 5.01 Å². The minimum atomic E-state index is -0.165. The second-order valence-electron chi connectivity index (χ2n) is 3.60. The summed E-state index contributed by atoms with van der Waals surface area (Å²) >= 11 is 4.17. The Morgan fingerprint density at radius 2 is 2.26 bits per heavy atom. The highest BCUT2D eigenvalue weighted by Gasteiger charge is 2.08. The Labute approximate surface area is 119 Å². The Hall–Kier alpha value is -1.52. The number of nitrogen functional groups attached to an aromatic ring is 1. The summed E-state index contributed by atoms with van der Waals surface area (Å²) in [5, 5.41) is 13.0. The average molecular weight is 312 g/mol. The fourth-order valence-electron chi connectivity index (χ4n) is 1.44. The van der Waals surface area contributed by atoms with E-state index in [1.165, 1.54) is 45.0 Å². The van der Waals surface area contributed by atoms with Crippen molar-refractivity contribution < 1.29 is 0 Å². The second kappa shape index (κ2) is 4.87. The van der Waals surface area contributed by atoms with E-state index in [2.05, 4.69) is 20.3 Å². The lowest BCUT2D eigenvalue weighted by molar-refractivity contribution is 0.871. The Bertz CT molecular complexity index is 791. The molecule has 3 aromatic rings. The molecular weight excluding hydrogens is 304 g/mol. The van der Waals surface area contributed by atoms with Gasteiger partial charge in [0.25, 0.3) is 5.56 Å². The number of aryl methyl sites for hydroxylation is 1. The quantitative estimate of drug-likeness (QED) is 0.725. The van der Waals surface area contributed by atoms with Crippen molar-refractivity contribution in [1.82, 2.24) is 24.8 Å². The van der Waals surface area contributed by atoms with E-state index in [1.807, 2.05) is 6.92 Å². The van der Waals surface area contributed by atoms with Gasteiger partial charge in [-0.3, -0.25) is 4.79 Å². The van der Waals surface area contributed by atoms with E-state index in [0.717, 1.165) is 9.35 Å². The summed E-state index contributed by atoms with van der Waals surface area (Å²) in [6.45, 7) is 1.84. The maximum Gasteiger partial charge on any atom is 0.275 e. The summed E-state index contributed by atoms with van der Waals surface area (Å²) < 4.78 is 2.08. The van der Waals surface area contributed by atoms with Crippen molar-refractivity contribution in [3.05, 3.63) is 27.1 Å². The van der Waals surface area contributed by atoms with E-state index in [1.54, 1.807) is 0 Å². The predicted octanol–water partition coefficient (Wildman–Crippen LogP) is 1.19. The fourth-order valence-corrected chi connectivity index (χ4v) is 3.74. The van der Waals surface area contributed by atoms with Gasteiger partial charge in [0, 0.05) is 11.8 Å². The van der Waals surface area contributed by atoms with Crippen molar-refractivity contribution in [3.8, 4) is 0 Å². The third-order valence-electron chi connectivity index (χ3n) is 2.16. The highest BCUT2D eigenvalue weighted by molar-refractivity contribution is 8.00. The second-order valence-corrected chi connectivity index (χ2v) is 6.99. The van der Waals surface area contributed by atoms with Crippen molar-refractivity contribution in [3.63, 3.8) is 0 Å². The molecule has 0 fully saturated rings. The molecule has 0 spiro atoms. The minimum absolute atomic E-state index is 0.165. The number of thioether (sulfide) groups is 1. The van der Waals surface area contributed by atoms with E-state index in [9.17, 15) is 4.79 Å². The van der Waals surface area contributed by atoms with Crippen molar-refractivity contribution in [2.24, 2.45) is 0 Å². The highest BCUT2D eigenvalue weighted by Crippen LogP contribution is 2.26. The van der Waals surface area contributed by atoms with Crippen LogP contribution in [0.1, 0.15) is 10.7 Å². The van der Waals surface area contributed by atoms with E-state index < -0.39 is 0 Å². The molecule has 0 radical (unpaired) electrons. The molecule has 2 N–H and O–H groups in total. The molecule has 0 aliphatic rings. The molecule has 7 nitrogen and oxygen atoms in total. The first-order valence-corrected chi connectivity index (χ1v) is 7.82. The highest BCUT2D eigenvalue weighted by atomic mass is 32.2. The molecular formula is C9H8N6OS3. The van der Waals surface area contributed by atoms with Gasteiger partial charge in [0.2, 0.25) is 10.1 Å². The monoisotopic (exact) mass is 312 g/mol. The molecule has 10 heteroatoms. The van der Waals surface area contributed by atoms with Crippen LogP contribution in [0.4, 0.5) is 5.13 Å². The zero-order valence-electron chi connectivity index (χ0n) is 9.73. The molecule has 0 saturated heterocycles. The molecule has 0 saturated carbocycles. The number of aromatic nitrogens is 5. The Balaban J connectivity index is 1.87. The number of fused-ring (bicyclic) bond motifs is 1. The van der Waals surface area contributed by atoms with Crippen LogP contribution in [0.25, 0.3) is 4.96 Å². The van der Waals surface area contributed by atoms with Crippen LogP contribution in [0.2, 0.25) is 0 Å². The zero-order valence-corrected chi connectivity index (χ0v) is 12.2. The van der Waals surface area contributed by atoms with Crippen LogP contribution in [0.3, 0.4) is 0 Å². The standard InChI is InChI=1S/C9H8N6OS3/c1-4-14-15-6(16)2-5(11-8(15)18-4)3-17-9-13-12-7(10)19-9/h2H,3H2,1H3,(H2,10,12). The first-order chi connectivity index (χ1) is 9.11. The molecule has 0 unspecified atom stereocenters. The number of nitrogens with zero attached hydrogens (tertiary/aromatic N) is 5. The summed E-state index contributed by atoms with van der Waals surface area (Å²) in [4.78, 5) is 16.9. The van der Waals surface area contributed by atoms with Crippen LogP contribution in [-0.2, 0) is 5.75 Å². The van der Waals surface area contributed by atoms with Gasteiger partial charge >= 0.3 is 0 Å². The van der Waals surface area contributed by atoms with Gasteiger partial charge < -0.3 is 5.73 Å². The molecule has 3 aromatic heterocycles. The van der Waals surface area contributed by atoms with Gasteiger partial charge in [-0.25, -0.2) is 4.98 Å². The smallest absolute Gasteiger partial charge is 0.275 e. The number of hydrogen-bond donors (Lipinski definition) is 1. The van der Waals surface area contributed by atoms with Crippen LogP contribution >= 0.6 is 34.4 Å². The van der Waals surface area contributed by atoms with E-state index in [0.29, 0.717) is 21.5 Å². The van der Waals surface area contributed by atoms with E-state index >= 15 is 0 Å². The van der Waals surface area contributed by atoms with Crippen LogP contribution in [0.5, 0.6) is 0 Å².